The van der Waals surface area contributed by atoms with Gasteiger partial charge in [-0.3, -0.25) is 0 Å². The van der Waals surface area contributed by atoms with Gasteiger partial charge in [0.05, 0.1) is 22.1 Å². The smallest absolute Gasteiger partial charge is 0.0817 e. The van der Waals surface area contributed by atoms with Crippen molar-refractivity contribution in [2.45, 2.75) is 0 Å². The van der Waals surface area contributed by atoms with Gasteiger partial charge in [-0.25, -0.2) is 9.98 Å². The van der Waals surface area contributed by atoms with Gasteiger partial charge < -0.3 is 0 Å². The highest BCUT2D eigenvalue weighted by atomic mass is 79.9. The van der Waals surface area contributed by atoms with E-state index in [4.69, 9.17) is 9.98 Å². The van der Waals surface area contributed by atoms with Crippen molar-refractivity contribution >= 4 is 43.2 Å². The van der Waals surface area contributed by atoms with Crippen LogP contribution in [-0.2, 0) is 0 Å². The third kappa shape index (κ3) is 1.59. The summed E-state index contributed by atoms with van der Waals surface area (Å²) in [5.74, 6) is 0. The number of fused-ring (bicyclic) bond motifs is 6. The molecule has 0 saturated heterocycles. The van der Waals surface area contributed by atoms with Crippen LogP contribution in [0.15, 0.2) is 67.5 Å². The molecule has 0 saturated carbocycles. The first kappa shape index (κ1) is 12.7. The Balaban J connectivity index is 2.05. The molecule has 104 valence electrons. The minimum absolute atomic E-state index is 1.000. The molecule has 0 spiro atoms. The monoisotopic (exact) mass is 410 g/mol. The lowest BCUT2D eigenvalue weighted by molar-refractivity contribution is 1.35. The molecule has 2 heterocycles. The highest BCUT2D eigenvalue weighted by Crippen LogP contribution is 2.39. The van der Waals surface area contributed by atoms with E-state index in [2.05, 4.69) is 62.2 Å². The van der Waals surface area contributed by atoms with E-state index in [1.54, 1.807) is 0 Å². The Labute approximate surface area is 142 Å². The predicted molar refractivity (Wildman–Crippen MR) is 93.0 cm³/mol. The van der Waals surface area contributed by atoms with Gasteiger partial charge in [-0.1, -0.05) is 37.9 Å². The molecule has 5 rings (SSSR count). The number of hydrogen-bond donors (Lipinski definition) is 0. The molecule has 0 aliphatic carbocycles. The van der Waals surface area contributed by atoms with Crippen LogP contribution >= 0.6 is 31.9 Å². The summed E-state index contributed by atoms with van der Waals surface area (Å²) < 4.78 is 2.14. The van der Waals surface area contributed by atoms with Crippen LogP contribution in [0.2, 0.25) is 0 Å². The first-order valence-corrected chi connectivity index (χ1v) is 8.50. The van der Waals surface area contributed by atoms with Crippen LogP contribution in [0.25, 0.3) is 11.1 Å². The van der Waals surface area contributed by atoms with Crippen molar-refractivity contribution in [2.24, 2.45) is 9.98 Å². The van der Waals surface area contributed by atoms with Crippen LogP contribution < -0.4 is 10.7 Å². The molecule has 0 aromatic heterocycles. The fourth-order valence-electron chi connectivity index (χ4n) is 3.19. The van der Waals surface area contributed by atoms with E-state index in [1.807, 2.05) is 18.2 Å². The Morgan fingerprint density at radius 3 is 2.64 bits per heavy atom. The Morgan fingerprint density at radius 1 is 0.818 bits per heavy atom. The standard InChI is InChI=1S/C18H8Br2N2/c19-9-4-6-13-11(8-9)17-15(21-13)7-5-10-16-12(20)2-1-3-14(16)22-18(10)17/h1-8H. The molecule has 0 amide bonds. The predicted octanol–water partition coefficient (Wildman–Crippen LogP) is 4.69. The van der Waals surface area contributed by atoms with Crippen LogP contribution in [0.1, 0.15) is 0 Å². The molecule has 2 nitrogen and oxygen atoms in total. The zero-order valence-corrected chi connectivity index (χ0v) is 14.4. The maximum Gasteiger partial charge on any atom is 0.0817 e. The fourth-order valence-corrected chi connectivity index (χ4v) is 4.12. The lowest BCUT2D eigenvalue weighted by Gasteiger charge is -2.02. The highest BCUT2D eigenvalue weighted by Gasteiger charge is 2.19. The van der Waals surface area contributed by atoms with Crippen molar-refractivity contribution in [3.05, 3.63) is 78.6 Å². The second kappa shape index (κ2) is 4.37. The molecule has 4 heteroatoms. The van der Waals surface area contributed by atoms with Gasteiger partial charge in [0.25, 0.3) is 0 Å². The maximum atomic E-state index is 4.87. The van der Waals surface area contributed by atoms with E-state index in [1.165, 1.54) is 11.1 Å². The Bertz CT molecular complexity index is 1200. The molecule has 3 aromatic carbocycles. The summed E-state index contributed by atoms with van der Waals surface area (Å²) in [6.07, 6.45) is 0. The van der Waals surface area contributed by atoms with Gasteiger partial charge in [-0.2, -0.15) is 0 Å². The summed E-state index contributed by atoms with van der Waals surface area (Å²) in [6.45, 7) is 0. The largest absolute Gasteiger partial charge is 0.248 e. The van der Waals surface area contributed by atoms with Crippen molar-refractivity contribution in [3.63, 3.8) is 0 Å². The second-order valence-electron chi connectivity index (χ2n) is 5.37. The quantitative estimate of drug-likeness (QED) is 0.353. The normalized spacial score (nSPS) is 12.8. The summed E-state index contributed by atoms with van der Waals surface area (Å²) in [5.41, 5.74) is 4.36. The molecule has 0 unspecified atom stereocenters. The van der Waals surface area contributed by atoms with Gasteiger partial charge in [-0.15, -0.1) is 0 Å². The zero-order chi connectivity index (χ0) is 14.8. The van der Waals surface area contributed by atoms with Gasteiger partial charge in [0.15, 0.2) is 0 Å². The van der Waals surface area contributed by atoms with Gasteiger partial charge in [0, 0.05) is 30.5 Å². The topological polar surface area (TPSA) is 24.7 Å². The Hall–Kier alpha value is -1.78. The molecule has 2 aliphatic rings. The van der Waals surface area contributed by atoms with Crippen molar-refractivity contribution in [3.8, 4) is 11.1 Å². The third-order valence-electron chi connectivity index (χ3n) is 4.12. The average Bonchev–Trinajstić information content (AvgIpc) is 3.05. The van der Waals surface area contributed by atoms with Crippen LogP contribution in [0.3, 0.4) is 0 Å². The number of rotatable bonds is 0. The zero-order valence-electron chi connectivity index (χ0n) is 11.3. The maximum absolute atomic E-state index is 4.87. The highest BCUT2D eigenvalue weighted by molar-refractivity contribution is 9.10. The number of nitrogens with zero attached hydrogens (tertiary/aromatic N) is 2. The van der Waals surface area contributed by atoms with Crippen molar-refractivity contribution in [2.75, 3.05) is 0 Å². The molecular formula is C18H8Br2N2. The van der Waals surface area contributed by atoms with Gasteiger partial charge in [0.1, 0.15) is 0 Å². The molecule has 22 heavy (non-hydrogen) atoms. The van der Waals surface area contributed by atoms with Crippen molar-refractivity contribution in [1.29, 1.82) is 0 Å². The van der Waals surface area contributed by atoms with E-state index in [0.29, 0.717) is 0 Å². The van der Waals surface area contributed by atoms with Crippen LogP contribution in [0, 0.1) is 10.4 Å². The summed E-state index contributed by atoms with van der Waals surface area (Å²) >= 11 is 7.21. The molecule has 0 N–H and O–H groups in total. The summed E-state index contributed by atoms with van der Waals surface area (Å²) in [7, 11) is 0. The minimum atomic E-state index is 1.000. The number of halogens is 2. The molecule has 0 fully saturated rings. The molecular weight excluding hydrogens is 404 g/mol. The molecule has 0 atom stereocenters. The molecule has 0 radical (unpaired) electrons. The number of hydrogen-bond acceptors (Lipinski definition) is 2. The van der Waals surface area contributed by atoms with Gasteiger partial charge >= 0.3 is 0 Å². The summed E-state index contributed by atoms with van der Waals surface area (Å²) in [6, 6.07) is 16.5. The lowest BCUT2D eigenvalue weighted by Crippen LogP contribution is -2.06. The second-order valence-corrected chi connectivity index (χ2v) is 7.14. The summed E-state index contributed by atoms with van der Waals surface area (Å²) in [5, 5.41) is 4.32. The first-order chi connectivity index (χ1) is 10.7. The summed E-state index contributed by atoms with van der Waals surface area (Å²) in [4.78, 5) is 9.60. The van der Waals surface area contributed by atoms with E-state index in [-0.39, 0.29) is 0 Å². The van der Waals surface area contributed by atoms with Crippen molar-refractivity contribution < 1.29 is 0 Å². The van der Waals surface area contributed by atoms with Gasteiger partial charge in [-0.05, 0) is 42.5 Å². The van der Waals surface area contributed by atoms with E-state index >= 15 is 0 Å². The minimum Gasteiger partial charge on any atom is -0.248 e. The molecule has 2 aliphatic heterocycles. The Kier molecular flexibility index (Phi) is 2.53. The molecule has 3 aromatic rings. The van der Waals surface area contributed by atoms with Gasteiger partial charge in [0.2, 0.25) is 0 Å². The number of benzene rings is 3. The lowest BCUT2D eigenvalue weighted by atomic mass is 10.0. The Morgan fingerprint density at radius 2 is 1.73 bits per heavy atom. The average molecular weight is 412 g/mol. The van der Waals surface area contributed by atoms with E-state index in [0.717, 1.165) is 41.5 Å². The van der Waals surface area contributed by atoms with Crippen LogP contribution in [0.4, 0.5) is 11.4 Å². The van der Waals surface area contributed by atoms with E-state index in [9.17, 15) is 0 Å². The fraction of sp³-hybridized carbons (Fsp3) is 0. The SMILES string of the molecule is Brc1ccc2c(c1)=c1c(ccc3c1=Nc1cccc(Br)c1-3)N=2. The first-order valence-electron chi connectivity index (χ1n) is 6.92. The van der Waals surface area contributed by atoms with Crippen LogP contribution in [0.5, 0.6) is 0 Å². The molecule has 0 bridgehead atoms. The van der Waals surface area contributed by atoms with Crippen LogP contribution in [-0.4, -0.2) is 0 Å². The van der Waals surface area contributed by atoms with E-state index < -0.39 is 0 Å². The van der Waals surface area contributed by atoms with Crippen molar-refractivity contribution in [1.82, 2.24) is 0 Å². The third-order valence-corrected chi connectivity index (χ3v) is 5.27.